The molecule has 0 atom stereocenters. The Kier molecular flexibility index (Phi) is 6.49. The van der Waals surface area contributed by atoms with E-state index in [1.165, 1.54) is 24.8 Å². The van der Waals surface area contributed by atoms with Gasteiger partial charge in [0, 0.05) is 23.3 Å². The van der Waals surface area contributed by atoms with Crippen LogP contribution in [0.5, 0.6) is 5.75 Å². The first kappa shape index (κ1) is 20.6. The summed E-state index contributed by atoms with van der Waals surface area (Å²) in [7, 11) is 0. The van der Waals surface area contributed by atoms with Crippen LogP contribution in [0.25, 0.3) is 12.2 Å². The van der Waals surface area contributed by atoms with Gasteiger partial charge in [0.1, 0.15) is 5.75 Å². The maximum Gasteiger partial charge on any atom is 0.185 e. The molecule has 1 aliphatic heterocycles. The number of carbonyl (C=O) groups excluding carboxylic acids is 1. The van der Waals surface area contributed by atoms with Crippen LogP contribution in [-0.2, 0) is 11.3 Å². The van der Waals surface area contributed by atoms with Gasteiger partial charge < -0.3 is 5.11 Å². The summed E-state index contributed by atoms with van der Waals surface area (Å²) in [5.74, 6) is 0.505. The van der Waals surface area contributed by atoms with E-state index < -0.39 is 0 Å². The fourth-order valence-corrected chi connectivity index (χ4v) is 4.42. The highest BCUT2D eigenvalue weighted by atomic mass is 16.3. The summed E-state index contributed by atoms with van der Waals surface area (Å²) in [6.45, 7) is 5.03. The molecule has 1 aliphatic carbocycles. The zero-order valence-electron chi connectivity index (χ0n) is 17.9. The maximum absolute atomic E-state index is 13.1. The Balaban J connectivity index is 1.54. The molecule has 1 saturated heterocycles. The summed E-state index contributed by atoms with van der Waals surface area (Å²) in [5, 5.41) is 10.3. The molecule has 2 aromatic rings. The van der Waals surface area contributed by atoms with Gasteiger partial charge in [0.05, 0.1) is 0 Å². The van der Waals surface area contributed by atoms with Gasteiger partial charge in [-0.2, -0.15) is 0 Å². The van der Waals surface area contributed by atoms with E-state index in [-0.39, 0.29) is 5.78 Å². The Hall–Kier alpha value is -2.65. The second-order valence-electron chi connectivity index (χ2n) is 8.66. The molecule has 3 nitrogen and oxygen atoms in total. The number of hydrogen-bond acceptors (Lipinski definition) is 3. The first-order valence-electron chi connectivity index (χ1n) is 11.2. The lowest BCUT2D eigenvalue weighted by Crippen LogP contribution is -2.29. The number of rotatable bonds is 4. The molecular weight excluding hydrogens is 370 g/mol. The molecule has 0 unspecified atom stereocenters. The van der Waals surface area contributed by atoms with Crippen molar-refractivity contribution in [2.45, 2.75) is 52.0 Å². The summed E-state index contributed by atoms with van der Waals surface area (Å²) in [4.78, 5) is 15.5. The third-order valence-corrected chi connectivity index (χ3v) is 6.18. The van der Waals surface area contributed by atoms with Crippen molar-refractivity contribution in [2.75, 3.05) is 13.1 Å². The fraction of sp³-hybridized carbons (Fsp3) is 0.370. The summed E-state index contributed by atoms with van der Waals surface area (Å²) < 4.78 is 0. The number of phenolic OH excluding ortho intramolecular Hbond substituents is 1. The third-order valence-electron chi connectivity index (χ3n) is 6.18. The van der Waals surface area contributed by atoms with Crippen LogP contribution >= 0.6 is 0 Å². The van der Waals surface area contributed by atoms with E-state index in [2.05, 4.69) is 36.1 Å². The minimum absolute atomic E-state index is 0.160. The van der Waals surface area contributed by atoms with Crippen LogP contribution in [-0.4, -0.2) is 28.9 Å². The van der Waals surface area contributed by atoms with Gasteiger partial charge in [-0.1, -0.05) is 42.3 Å². The Labute approximate surface area is 179 Å². The molecule has 2 fully saturated rings. The predicted octanol–water partition coefficient (Wildman–Crippen LogP) is 5.91. The van der Waals surface area contributed by atoms with Crippen LogP contribution in [0.1, 0.15) is 60.8 Å². The molecule has 0 spiro atoms. The van der Waals surface area contributed by atoms with Gasteiger partial charge in [-0.3, -0.25) is 9.69 Å². The van der Waals surface area contributed by atoms with Crippen LogP contribution < -0.4 is 0 Å². The number of phenols is 1. The second-order valence-corrected chi connectivity index (χ2v) is 8.66. The quantitative estimate of drug-likeness (QED) is 0.648. The summed E-state index contributed by atoms with van der Waals surface area (Å²) in [6.07, 6.45) is 10.5. The highest BCUT2D eigenvalue weighted by Gasteiger charge is 2.21. The topological polar surface area (TPSA) is 40.5 Å². The number of nitrogens with zero attached hydrogens (tertiary/aromatic N) is 1. The average molecular weight is 402 g/mol. The molecule has 3 heteroatoms. The van der Waals surface area contributed by atoms with Gasteiger partial charge in [-0.05, 0) is 87.5 Å². The summed E-state index contributed by atoms with van der Waals surface area (Å²) >= 11 is 0. The van der Waals surface area contributed by atoms with E-state index in [1.54, 1.807) is 6.07 Å². The zero-order valence-corrected chi connectivity index (χ0v) is 17.9. The number of piperidine rings is 1. The van der Waals surface area contributed by atoms with Gasteiger partial charge in [-0.15, -0.1) is 0 Å². The van der Waals surface area contributed by atoms with Crippen molar-refractivity contribution >= 4 is 17.9 Å². The molecule has 2 aromatic carbocycles. The first-order chi connectivity index (χ1) is 14.6. The van der Waals surface area contributed by atoms with Crippen molar-refractivity contribution in [3.63, 3.8) is 0 Å². The standard InChI is InChI=1S/C27H31NO2/c1-20-8-10-21(11-9-20)16-23-6-5-7-24(27(23)30)17-22-12-13-26(29)25(18-22)19-28-14-3-2-4-15-28/h8-13,16-18,29H,2-7,14-15,19H2,1H3/b23-16+,24-17+. The third kappa shape index (κ3) is 5.09. The number of aryl methyl sites for hydroxylation is 1. The maximum atomic E-state index is 13.1. The minimum Gasteiger partial charge on any atom is -0.508 e. The van der Waals surface area contributed by atoms with Crippen molar-refractivity contribution in [1.82, 2.24) is 4.90 Å². The van der Waals surface area contributed by atoms with Gasteiger partial charge >= 0.3 is 0 Å². The summed E-state index contributed by atoms with van der Waals surface area (Å²) in [5.41, 5.74) is 6.02. The number of benzene rings is 2. The smallest absolute Gasteiger partial charge is 0.185 e. The number of carbonyl (C=O) groups is 1. The second kappa shape index (κ2) is 9.44. The van der Waals surface area contributed by atoms with Crippen molar-refractivity contribution in [3.05, 3.63) is 75.9 Å². The van der Waals surface area contributed by atoms with E-state index >= 15 is 0 Å². The van der Waals surface area contributed by atoms with Gasteiger partial charge in [0.2, 0.25) is 0 Å². The van der Waals surface area contributed by atoms with Crippen molar-refractivity contribution in [2.24, 2.45) is 0 Å². The highest BCUT2D eigenvalue weighted by Crippen LogP contribution is 2.29. The SMILES string of the molecule is Cc1ccc(/C=C2\CCC/C(=C\c3ccc(O)c(CN4CCCCC4)c3)C2=O)cc1. The van der Waals surface area contributed by atoms with E-state index in [1.807, 2.05) is 24.3 Å². The number of aromatic hydroxyl groups is 1. The summed E-state index contributed by atoms with van der Waals surface area (Å²) in [6, 6.07) is 14.0. The number of ketones is 1. The van der Waals surface area contributed by atoms with Gasteiger partial charge in [-0.25, -0.2) is 0 Å². The molecule has 0 amide bonds. The molecule has 2 aliphatic rings. The Bertz CT molecular complexity index is 963. The Morgan fingerprint density at radius 1 is 0.867 bits per heavy atom. The predicted molar refractivity (Wildman–Crippen MR) is 123 cm³/mol. The molecular formula is C27H31NO2. The molecule has 1 heterocycles. The minimum atomic E-state index is 0.160. The zero-order chi connectivity index (χ0) is 20.9. The van der Waals surface area contributed by atoms with Crippen LogP contribution in [0.2, 0.25) is 0 Å². The van der Waals surface area contributed by atoms with Crippen molar-refractivity contribution in [3.8, 4) is 5.75 Å². The lowest BCUT2D eigenvalue weighted by Gasteiger charge is -2.26. The monoisotopic (exact) mass is 401 g/mol. The number of Topliss-reactive ketones (excluding diaryl/α,β-unsaturated/α-hetero) is 1. The number of allylic oxidation sites excluding steroid dienone is 2. The molecule has 1 saturated carbocycles. The van der Waals surface area contributed by atoms with Crippen molar-refractivity contribution < 1.29 is 9.90 Å². The van der Waals surface area contributed by atoms with E-state index in [0.29, 0.717) is 5.75 Å². The molecule has 1 N–H and O–H groups in total. The molecule has 4 rings (SSSR count). The molecule has 0 radical (unpaired) electrons. The highest BCUT2D eigenvalue weighted by molar-refractivity contribution is 6.13. The largest absolute Gasteiger partial charge is 0.508 e. The molecule has 30 heavy (non-hydrogen) atoms. The van der Waals surface area contributed by atoms with Crippen LogP contribution in [0.3, 0.4) is 0 Å². The van der Waals surface area contributed by atoms with E-state index in [9.17, 15) is 9.90 Å². The lowest BCUT2D eigenvalue weighted by molar-refractivity contribution is -0.112. The average Bonchev–Trinajstić information content (AvgIpc) is 2.76. The van der Waals surface area contributed by atoms with E-state index in [0.717, 1.165) is 66.7 Å². The van der Waals surface area contributed by atoms with Gasteiger partial charge in [0.15, 0.2) is 5.78 Å². The molecule has 156 valence electrons. The van der Waals surface area contributed by atoms with E-state index in [4.69, 9.17) is 0 Å². The number of hydrogen-bond donors (Lipinski definition) is 1. The molecule has 0 aromatic heterocycles. The van der Waals surface area contributed by atoms with Crippen molar-refractivity contribution in [1.29, 1.82) is 0 Å². The molecule has 0 bridgehead atoms. The Morgan fingerprint density at radius 3 is 2.20 bits per heavy atom. The fourth-order valence-electron chi connectivity index (χ4n) is 4.42. The van der Waals surface area contributed by atoms with Gasteiger partial charge in [0.25, 0.3) is 0 Å². The Morgan fingerprint density at radius 2 is 1.50 bits per heavy atom. The lowest BCUT2D eigenvalue weighted by atomic mass is 9.86. The number of likely N-dealkylation sites (tertiary alicyclic amines) is 1. The van der Waals surface area contributed by atoms with Crippen LogP contribution in [0, 0.1) is 6.92 Å². The normalized spacial score (nSPS) is 20.8. The van der Waals surface area contributed by atoms with Crippen LogP contribution in [0.15, 0.2) is 53.6 Å². The van der Waals surface area contributed by atoms with Crippen LogP contribution in [0.4, 0.5) is 0 Å². The first-order valence-corrected chi connectivity index (χ1v) is 11.2.